The lowest BCUT2D eigenvalue weighted by Crippen LogP contribution is -2.00. The molecule has 0 unspecified atom stereocenters. The smallest absolute Gasteiger partial charge is 0.165 e. The summed E-state index contributed by atoms with van der Waals surface area (Å²) in [5.74, 6) is 1.94. The third-order valence-corrected chi connectivity index (χ3v) is 11.8. The van der Waals surface area contributed by atoms with Crippen LogP contribution in [0.1, 0.15) is 0 Å². The number of thiophene rings is 1. The van der Waals surface area contributed by atoms with Crippen molar-refractivity contribution < 1.29 is 4.42 Å². The minimum Gasteiger partial charge on any atom is -0.455 e. The summed E-state index contributed by atoms with van der Waals surface area (Å²) in [5, 5.41) is 4.62. The lowest BCUT2D eigenvalue weighted by atomic mass is 9.94. The Morgan fingerprint density at radius 2 is 0.964 bits per heavy atom. The van der Waals surface area contributed by atoms with Crippen molar-refractivity contribution in [2.24, 2.45) is 0 Å². The van der Waals surface area contributed by atoms with Crippen LogP contribution in [0.25, 0.3) is 110 Å². The van der Waals surface area contributed by atoms with Gasteiger partial charge < -0.3 is 4.42 Å². The molecule has 0 saturated heterocycles. The Balaban J connectivity index is 1.08. The van der Waals surface area contributed by atoms with Crippen molar-refractivity contribution in [1.82, 2.24) is 15.0 Å². The molecule has 0 fully saturated rings. The van der Waals surface area contributed by atoms with E-state index in [4.69, 9.17) is 19.4 Å². The van der Waals surface area contributed by atoms with E-state index >= 15 is 0 Å². The van der Waals surface area contributed by atoms with Gasteiger partial charge in [-0.15, -0.1) is 11.3 Å². The van der Waals surface area contributed by atoms with E-state index < -0.39 is 0 Å². The maximum atomic E-state index is 6.60. The predicted octanol–water partition coefficient (Wildman–Crippen LogP) is 14.1. The highest BCUT2D eigenvalue weighted by molar-refractivity contribution is 7.26. The molecule has 4 nitrogen and oxygen atoms in total. The van der Waals surface area contributed by atoms with E-state index in [-0.39, 0.29) is 0 Å². The zero-order valence-electron chi connectivity index (χ0n) is 30.1. The van der Waals surface area contributed by atoms with E-state index in [1.165, 1.54) is 15.5 Å². The average molecular weight is 734 g/mol. The Labute approximate surface area is 327 Å². The van der Waals surface area contributed by atoms with Gasteiger partial charge in [0.25, 0.3) is 0 Å². The summed E-state index contributed by atoms with van der Waals surface area (Å²) < 4.78 is 8.96. The number of para-hydroxylation sites is 1. The number of hydrogen-bond acceptors (Lipinski definition) is 5. The Hall–Kier alpha value is -7.21. The molecule has 0 bridgehead atoms. The molecule has 0 radical (unpaired) electrons. The number of hydrogen-bond donors (Lipinski definition) is 0. The summed E-state index contributed by atoms with van der Waals surface area (Å²) in [6.45, 7) is 0. The second-order valence-corrected chi connectivity index (χ2v) is 15.0. The van der Waals surface area contributed by atoms with Crippen LogP contribution in [-0.2, 0) is 0 Å². The van der Waals surface area contributed by atoms with Crippen LogP contribution in [0.4, 0.5) is 0 Å². The van der Waals surface area contributed by atoms with Gasteiger partial charge in [0.05, 0.1) is 0 Å². The van der Waals surface area contributed by atoms with Crippen molar-refractivity contribution in [3.05, 3.63) is 188 Å². The maximum Gasteiger partial charge on any atom is 0.165 e. The molecule has 0 N–H and O–H groups in total. The lowest BCUT2D eigenvalue weighted by molar-refractivity contribution is 0.670. The van der Waals surface area contributed by atoms with Crippen molar-refractivity contribution in [2.75, 3.05) is 0 Å². The molecule has 56 heavy (non-hydrogen) atoms. The number of rotatable bonds is 6. The van der Waals surface area contributed by atoms with Gasteiger partial charge in [-0.05, 0) is 64.2 Å². The van der Waals surface area contributed by atoms with Crippen molar-refractivity contribution in [2.45, 2.75) is 0 Å². The SMILES string of the molecule is c1ccc(-c2cccc(-c3nc(-c4ccccc4)nc(-c4cccc5c4sc4ccc(-c6ccc(-c7ccccc7)c7oc8ccccc8c67)cc45)n3)c2)cc1. The van der Waals surface area contributed by atoms with Crippen LogP contribution >= 0.6 is 11.3 Å². The van der Waals surface area contributed by atoms with Gasteiger partial charge in [-0.2, -0.15) is 0 Å². The van der Waals surface area contributed by atoms with Crippen molar-refractivity contribution in [3.8, 4) is 67.5 Å². The predicted molar refractivity (Wildman–Crippen MR) is 233 cm³/mol. The summed E-state index contributed by atoms with van der Waals surface area (Å²) >= 11 is 1.78. The van der Waals surface area contributed by atoms with Crippen LogP contribution in [0.15, 0.2) is 192 Å². The van der Waals surface area contributed by atoms with E-state index in [0.717, 1.165) is 76.7 Å². The highest BCUT2D eigenvalue weighted by atomic mass is 32.1. The molecule has 11 aromatic rings. The number of fused-ring (bicyclic) bond motifs is 6. The molecule has 8 aromatic carbocycles. The van der Waals surface area contributed by atoms with Crippen LogP contribution in [0.2, 0.25) is 0 Å². The van der Waals surface area contributed by atoms with Gasteiger partial charge in [0.15, 0.2) is 17.5 Å². The number of nitrogens with zero attached hydrogens (tertiary/aromatic N) is 3. The zero-order valence-corrected chi connectivity index (χ0v) is 30.9. The van der Waals surface area contributed by atoms with Crippen LogP contribution < -0.4 is 0 Å². The van der Waals surface area contributed by atoms with Crippen molar-refractivity contribution >= 4 is 53.4 Å². The Kier molecular flexibility index (Phi) is 7.64. The number of furan rings is 1. The minimum atomic E-state index is 0.641. The highest BCUT2D eigenvalue weighted by Gasteiger charge is 2.20. The molecule has 5 heteroatoms. The van der Waals surface area contributed by atoms with Crippen LogP contribution in [0, 0.1) is 0 Å². The maximum absolute atomic E-state index is 6.60. The molecule has 0 aliphatic heterocycles. The Bertz CT molecular complexity index is 3240. The van der Waals surface area contributed by atoms with Gasteiger partial charge >= 0.3 is 0 Å². The minimum absolute atomic E-state index is 0.641. The molecule has 11 rings (SSSR count). The van der Waals surface area contributed by atoms with Gasteiger partial charge in [0.1, 0.15) is 11.2 Å². The fraction of sp³-hybridized carbons (Fsp3) is 0. The van der Waals surface area contributed by atoms with E-state index in [1.807, 2.05) is 36.4 Å². The van der Waals surface area contributed by atoms with Crippen molar-refractivity contribution in [3.63, 3.8) is 0 Å². The first-order valence-electron chi connectivity index (χ1n) is 18.7. The Morgan fingerprint density at radius 1 is 0.357 bits per heavy atom. The second-order valence-electron chi connectivity index (χ2n) is 13.9. The van der Waals surface area contributed by atoms with E-state index in [9.17, 15) is 0 Å². The third-order valence-electron chi connectivity index (χ3n) is 10.6. The fourth-order valence-corrected chi connectivity index (χ4v) is 9.06. The van der Waals surface area contributed by atoms with Crippen LogP contribution in [-0.4, -0.2) is 15.0 Å². The molecular weight excluding hydrogens is 703 g/mol. The molecule has 262 valence electrons. The average Bonchev–Trinajstić information content (AvgIpc) is 3.86. The first-order chi connectivity index (χ1) is 27.7. The standard InChI is InChI=1S/C51H31N3OS/c1-4-14-32(15-5-1)35-20-12-21-37(30-35)50-52-49(34-18-8-3-9-19-34)53-51(54-50)42-24-13-23-40-43-31-36(26-29-45(43)56-48(40)42)38-27-28-39(33-16-6-2-7-17-33)47-46(38)41-22-10-11-25-44(41)55-47/h1-31H. The third kappa shape index (κ3) is 5.48. The normalized spacial score (nSPS) is 11.6. The molecule has 0 saturated carbocycles. The van der Waals surface area contributed by atoms with Crippen LogP contribution in [0.5, 0.6) is 0 Å². The van der Waals surface area contributed by atoms with Gasteiger partial charge in [0.2, 0.25) is 0 Å². The molecule has 0 atom stereocenters. The molecular formula is C51H31N3OS. The Morgan fingerprint density at radius 3 is 1.77 bits per heavy atom. The summed E-state index contributed by atoms with van der Waals surface area (Å²) in [6, 6.07) is 65.6. The van der Waals surface area contributed by atoms with E-state index in [1.54, 1.807) is 11.3 Å². The molecule has 0 amide bonds. The van der Waals surface area contributed by atoms with Crippen LogP contribution in [0.3, 0.4) is 0 Å². The number of benzene rings is 8. The second kappa shape index (κ2) is 13.3. The summed E-state index contributed by atoms with van der Waals surface area (Å²) in [7, 11) is 0. The zero-order chi connectivity index (χ0) is 37.0. The first-order valence-corrected chi connectivity index (χ1v) is 19.5. The molecule has 0 aliphatic rings. The molecule has 3 aromatic heterocycles. The van der Waals surface area contributed by atoms with E-state index in [2.05, 4.69) is 152 Å². The monoisotopic (exact) mass is 733 g/mol. The molecule has 0 aliphatic carbocycles. The van der Waals surface area contributed by atoms with Gasteiger partial charge in [-0.1, -0.05) is 152 Å². The summed E-state index contributed by atoms with van der Waals surface area (Å²) in [6.07, 6.45) is 0. The van der Waals surface area contributed by atoms with Crippen molar-refractivity contribution in [1.29, 1.82) is 0 Å². The topological polar surface area (TPSA) is 51.8 Å². The fourth-order valence-electron chi connectivity index (χ4n) is 7.87. The lowest BCUT2D eigenvalue weighted by Gasteiger charge is -2.10. The molecule has 3 heterocycles. The molecule has 0 spiro atoms. The quantitative estimate of drug-likeness (QED) is 0.171. The first kappa shape index (κ1) is 32.2. The summed E-state index contributed by atoms with van der Waals surface area (Å²) in [4.78, 5) is 15.4. The largest absolute Gasteiger partial charge is 0.455 e. The van der Waals surface area contributed by atoms with Gasteiger partial charge in [-0.3, -0.25) is 0 Å². The highest BCUT2D eigenvalue weighted by Crippen LogP contribution is 2.45. The summed E-state index contributed by atoms with van der Waals surface area (Å²) in [5.41, 5.74) is 11.4. The van der Waals surface area contributed by atoms with Gasteiger partial charge in [0, 0.05) is 53.2 Å². The van der Waals surface area contributed by atoms with E-state index in [0.29, 0.717) is 17.5 Å². The number of aromatic nitrogens is 3. The van der Waals surface area contributed by atoms with Gasteiger partial charge in [-0.25, -0.2) is 15.0 Å².